The third kappa shape index (κ3) is 6.24. The highest BCUT2D eigenvalue weighted by atomic mass is 19.4. The SMILES string of the molecule is N=C(N)c1ccc(CN2CCNCC2=O)cc1.O=C(O)C(F)(F)F. The number of amides is 1. The first-order valence-electron chi connectivity index (χ1n) is 6.83. The van der Waals surface area contributed by atoms with Gasteiger partial charge in [-0.25, -0.2) is 4.79 Å². The molecule has 1 amide bonds. The van der Waals surface area contributed by atoms with Crippen LogP contribution >= 0.6 is 0 Å². The molecule has 0 aliphatic carbocycles. The normalized spacial score (nSPS) is 14.6. The first-order chi connectivity index (χ1) is 11.1. The number of nitrogens with one attached hydrogen (secondary N) is 2. The number of nitrogens with zero attached hydrogens (tertiary/aromatic N) is 1. The molecule has 0 bridgehead atoms. The van der Waals surface area contributed by atoms with E-state index in [0.717, 1.165) is 18.7 Å². The van der Waals surface area contributed by atoms with E-state index in [1.54, 1.807) is 0 Å². The van der Waals surface area contributed by atoms with Crippen molar-refractivity contribution in [1.82, 2.24) is 10.2 Å². The smallest absolute Gasteiger partial charge is 0.475 e. The van der Waals surface area contributed by atoms with Gasteiger partial charge in [0, 0.05) is 25.2 Å². The average Bonchev–Trinajstić information content (AvgIpc) is 2.50. The summed E-state index contributed by atoms with van der Waals surface area (Å²) < 4.78 is 31.7. The van der Waals surface area contributed by atoms with E-state index < -0.39 is 12.1 Å². The predicted octanol–water partition coefficient (Wildman–Crippen LogP) is 0.536. The van der Waals surface area contributed by atoms with Gasteiger partial charge in [0.2, 0.25) is 5.91 Å². The minimum Gasteiger partial charge on any atom is -0.475 e. The highest BCUT2D eigenvalue weighted by molar-refractivity contribution is 5.94. The van der Waals surface area contributed by atoms with E-state index in [1.165, 1.54) is 0 Å². The van der Waals surface area contributed by atoms with Crippen molar-refractivity contribution in [3.63, 3.8) is 0 Å². The maximum Gasteiger partial charge on any atom is 0.490 e. The van der Waals surface area contributed by atoms with Gasteiger partial charge in [0.05, 0.1) is 6.54 Å². The van der Waals surface area contributed by atoms with Crippen LogP contribution in [-0.4, -0.2) is 53.5 Å². The van der Waals surface area contributed by atoms with Crippen molar-refractivity contribution >= 4 is 17.7 Å². The number of hydrogen-bond acceptors (Lipinski definition) is 4. The molecule has 1 saturated heterocycles. The topological polar surface area (TPSA) is 120 Å². The van der Waals surface area contributed by atoms with E-state index in [1.807, 2.05) is 29.2 Å². The minimum absolute atomic E-state index is 0.0646. The molecule has 1 aromatic rings. The van der Waals surface area contributed by atoms with E-state index in [-0.39, 0.29) is 11.7 Å². The van der Waals surface area contributed by atoms with Gasteiger partial charge < -0.3 is 21.1 Å². The Morgan fingerprint density at radius 1 is 1.33 bits per heavy atom. The van der Waals surface area contributed by atoms with Gasteiger partial charge in [0.25, 0.3) is 0 Å². The maximum absolute atomic E-state index is 11.6. The van der Waals surface area contributed by atoms with Crippen LogP contribution in [-0.2, 0) is 16.1 Å². The van der Waals surface area contributed by atoms with Crippen molar-refractivity contribution in [1.29, 1.82) is 5.41 Å². The summed E-state index contributed by atoms with van der Waals surface area (Å²) >= 11 is 0. The molecule has 2 rings (SSSR count). The number of amidine groups is 1. The number of piperazine rings is 1. The molecule has 0 aromatic heterocycles. The van der Waals surface area contributed by atoms with Crippen LogP contribution in [0.1, 0.15) is 11.1 Å². The fourth-order valence-corrected chi connectivity index (χ4v) is 1.82. The average molecular weight is 346 g/mol. The van der Waals surface area contributed by atoms with E-state index in [0.29, 0.717) is 18.7 Å². The summed E-state index contributed by atoms with van der Waals surface area (Å²) in [5.74, 6) is -2.56. The molecular formula is C14H17F3N4O3. The van der Waals surface area contributed by atoms with Crippen molar-refractivity contribution in [2.45, 2.75) is 12.7 Å². The number of halogens is 3. The van der Waals surface area contributed by atoms with E-state index in [4.69, 9.17) is 21.0 Å². The summed E-state index contributed by atoms with van der Waals surface area (Å²) in [5, 5.41) is 17.5. The van der Waals surface area contributed by atoms with Crippen LogP contribution in [0.15, 0.2) is 24.3 Å². The van der Waals surface area contributed by atoms with Gasteiger partial charge in [-0.1, -0.05) is 24.3 Å². The number of aliphatic carboxylic acids is 1. The lowest BCUT2D eigenvalue weighted by atomic mass is 10.1. The Kier molecular flexibility index (Phi) is 6.71. The van der Waals surface area contributed by atoms with E-state index in [2.05, 4.69) is 5.32 Å². The van der Waals surface area contributed by atoms with Gasteiger partial charge >= 0.3 is 12.1 Å². The molecule has 24 heavy (non-hydrogen) atoms. The van der Waals surface area contributed by atoms with Crippen molar-refractivity contribution < 1.29 is 27.9 Å². The van der Waals surface area contributed by atoms with Gasteiger partial charge in [-0.3, -0.25) is 10.2 Å². The van der Waals surface area contributed by atoms with Gasteiger partial charge in [0.1, 0.15) is 5.84 Å². The number of carbonyl (C=O) groups is 2. The highest BCUT2D eigenvalue weighted by Gasteiger charge is 2.38. The standard InChI is InChI=1S/C12H16N4O.C2HF3O2/c13-12(14)10-3-1-9(2-4-10)8-16-6-5-15-7-11(16)17;3-2(4,5)1(6)7/h1-4,15H,5-8H2,(H3,13,14);(H,6,7). The molecule has 0 spiro atoms. The molecule has 0 radical (unpaired) electrons. The summed E-state index contributed by atoms with van der Waals surface area (Å²) in [6.07, 6.45) is -5.08. The first kappa shape index (κ1) is 19.4. The fourth-order valence-electron chi connectivity index (χ4n) is 1.82. The number of alkyl halides is 3. The summed E-state index contributed by atoms with van der Waals surface area (Å²) in [7, 11) is 0. The molecule has 7 nitrogen and oxygen atoms in total. The zero-order valence-corrected chi connectivity index (χ0v) is 12.6. The molecule has 1 aromatic carbocycles. The molecule has 1 heterocycles. The molecule has 1 fully saturated rings. The Morgan fingerprint density at radius 2 is 1.88 bits per heavy atom. The number of carbonyl (C=O) groups excluding carboxylic acids is 1. The number of carboxylic acid groups (broad SMARTS) is 1. The molecule has 0 unspecified atom stereocenters. The zero-order chi connectivity index (χ0) is 18.3. The second-order valence-corrected chi connectivity index (χ2v) is 4.91. The highest BCUT2D eigenvalue weighted by Crippen LogP contribution is 2.13. The number of carboxylic acids is 1. The molecule has 5 N–H and O–H groups in total. The Balaban J connectivity index is 0.000000351. The van der Waals surface area contributed by atoms with Crippen molar-refractivity contribution in [2.75, 3.05) is 19.6 Å². The number of hydrogen-bond donors (Lipinski definition) is 4. The molecule has 0 atom stereocenters. The summed E-state index contributed by atoms with van der Waals surface area (Å²) in [5.41, 5.74) is 7.15. The number of rotatable bonds is 3. The molecular weight excluding hydrogens is 329 g/mol. The number of nitrogen functional groups attached to an aromatic ring is 1. The van der Waals surface area contributed by atoms with Crippen molar-refractivity contribution in [3.8, 4) is 0 Å². The van der Waals surface area contributed by atoms with Crippen LogP contribution in [0.25, 0.3) is 0 Å². The number of nitrogens with two attached hydrogens (primary N) is 1. The van der Waals surface area contributed by atoms with Gasteiger partial charge in [-0.05, 0) is 5.56 Å². The second-order valence-electron chi connectivity index (χ2n) is 4.91. The molecule has 1 aliphatic rings. The Hall–Kier alpha value is -2.62. The van der Waals surface area contributed by atoms with Crippen molar-refractivity contribution in [3.05, 3.63) is 35.4 Å². The van der Waals surface area contributed by atoms with Crippen LogP contribution in [0.2, 0.25) is 0 Å². The van der Waals surface area contributed by atoms with Crippen LogP contribution in [0, 0.1) is 5.41 Å². The van der Waals surface area contributed by atoms with Crippen LogP contribution in [0.5, 0.6) is 0 Å². The Morgan fingerprint density at radius 3 is 2.29 bits per heavy atom. The third-order valence-electron chi connectivity index (χ3n) is 3.07. The zero-order valence-electron chi connectivity index (χ0n) is 12.6. The molecule has 10 heteroatoms. The largest absolute Gasteiger partial charge is 0.490 e. The molecule has 0 saturated carbocycles. The predicted molar refractivity (Wildman–Crippen MR) is 79.4 cm³/mol. The molecule has 132 valence electrons. The monoisotopic (exact) mass is 346 g/mol. The third-order valence-corrected chi connectivity index (χ3v) is 3.07. The van der Waals surface area contributed by atoms with Crippen LogP contribution < -0.4 is 11.1 Å². The van der Waals surface area contributed by atoms with Crippen LogP contribution in [0.4, 0.5) is 13.2 Å². The van der Waals surface area contributed by atoms with Gasteiger partial charge in [-0.15, -0.1) is 0 Å². The Labute approximate surface area is 135 Å². The lowest BCUT2D eigenvalue weighted by Crippen LogP contribution is -2.47. The lowest BCUT2D eigenvalue weighted by Gasteiger charge is -2.27. The quantitative estimate of drug-likeness (QED) is 0.470. The first-order valence-corrected chi connectivity index (χ1v) is 6.83. The second kappa shape index (κ2) is 8.29. The fraction of sp³-hybridized carbons (Fsp3) is 0.357. The minimum atomic E-state index is -5.08. The summed E-state index contributed by atoms with van der Waals surface area (Å²) in [6, 6.07) is 7.44. The number of benzene rings is 1. The lowest BCUT2D eigenvalue weighted by molar-refractivity contribution is -0.192. The van der Waals surface area contributed by atoms with Crippen molar-refractivity contribution in [2.24, 2.45) is 5.73 Å². The molecule has 1 aliphatic heterocycles. The van der Waals surface area contributed by atoms with Crippen LogP contribution in [0.3, 0.4) is 0 Å². The maximum atomic E-state index is 11.6. The summed E-state index contributed by atoms with van der Waals surface area (Å²) in [6.45, 7) is 2.63. The Bertz CT molecular complexity index is 602. The van der Waals surface area contributed by atoms with E-state index in [9.17, 15) is 18.0 Å². The van der Waals surface area contributed by atoms with Gasteiger partial charge in [-0.2, -0.15) is 13.2 Å². The summed E-state index contributed by atoms with van der Waals surface area (Å²) in [4.78, 5) is 22.3. The van der Waals surface area contributed by atoms with E-state index >= 15 is 0 Å². The van der Waals surface area contributed by atoms with Gasteiger partial charge in [0.15, 0.2) is 0 Å².